The molecule has 2 fully saturated rings. The molecule has 0 bridgehead atoms. The van der Waals surface area contributed by atoms with E-state index in [-0.39, 0.29) is 0 Å². The van der Waals surface area contributed by atoms with E-state index in [4.69, 9.17) is 4.74 Å². The maximum atomic E-state index is 5.37. The van der Waals surface area contributed by atoms with Gasteiger partial charge in [-0.2, -0.15) is 0 Å². The van der Waals surface area contributed by atoms with Crippen molar-refractivity contribution in [3.63, 3.8) is 0 Å². The Balaban J connectivity index is 1.53. The maximum Gasteiger partial charge on any atom is 0.0480 e. The van der Waals surface area contributed by atoms with Gasteiger partial charge in [-0.1, -0.05) is 13.3 Å². The molecule has 0 aromatic rings. The second kappa shape index (κ2) is 7.34. The number of hydrogen-bond donors (Lipinski definition) is 1. The van der Waals surface area contributed by atoms with Crippen LogP contribution in [0.25, 0.3) is 0 Å². The molecule has 17 heavy (non-hydrogen) atoms. The van der Waals surface area contributed by atoms with Gasteiger partial charge in [0.1, 0.15) is 0 Å². The Bertz CT molecular complexity index is 204. The third-order valence-electron chi connectivity index (χ3n) is 4.15. The van der Waals surface area contributed by atoms with E-state index in [0.29, 0.717) is 6.04 Å². The molecule has 1 atom stereocenters. The van der Waals surface area contributed by atoms with Crippen LogP contribution >= 0.6 is 0 Å². The minimum Gasteiger partial charge on any atom is -0.381 e. The first-order valence-corrected chi connectivity index (χ1v) is 7.42. The summed E-state index contributed by atoms with van der Waals surface area (Å²) in [4.78, 5) is 2.63. The highest BCUT2D eigenvalue weighted by atomic mass is 16.5. The molecule has 2 saturated heterocycles. The highest BCUT2D eigenvalue weighted by Gasteiger charge is 2.21. The van der Waals surface area contributed by atoms with Crippen LogP contribution in [0.1, 0.15) is 39.0 Å². The number of likely N-dealkylation sites (tertiary alicyclic amines) is 1. The predicted octanol–water partition coefficient (Wildman–Crippen LogP) is 1.88. The van der Waals surface area contributed by atoms with Crippen LogP contribution < -0.4 is 5.32 Å². The van der Waals surface area contributed by atoms with Crippen molar-refractivity contribution in [3.05, 3.63) is 0 Å². The molecule has 1 N–H and O–H groups in total. The number of ether oxygens (including phenoxy) is 1. The second-order valence-electron chi connectivity index (χ2n) is 5.58. The summed E-state index contributed by atoms with van der Waals surface area (Å²) in [5.74, 6) is 0.975. The Hall–Kier alpha value is -0.120. The summed E-state index contributed by atoms with van der Waals surface area (Å²) in [6.07, 6.45) is 6.57. The topological polar surface area (TPSA) is 24.5 Å². The monoisotopic (exact) mass is 240 g/mol. The van der Waals surface area contributed by atoms with Gasteiger partial charge in [-0.15, -0.1) is 0 Å². The summed E-state index contributed by atoms with van der Waals surface area (Å²) >= 11 is 0. The summed E-state index contributed by atoms with van der Waals surface area (Å²) in [5, 5.41) is 3.67. The van der Waals surface area contributed by atoms with Crippen LogP contribution in [0.15, 0.2) is 0 Å². The van der Waals surface area contributed by atoms with Crippen molar-refractivity contribution < 1.29 is 4.74 Å². The first-order chi connectivity index (χ1) is 8.38. The Morgan fingerprint density at radius 1 is 1.24 bits per heavy atom. The van der Waals surface area contributed by atoms with Crippen LogP contribution in [0.3, 0.4) is 0 Å². The zero-order valence-corrected chi connectivity index (χ0v) is 11.3. The van der Waals surface area contributed by atoms with Crippen molar-refractivity contribution in [1.82, 2.24) is 10.2 Å². The number of rotatable bonds is 6. The molecule has 3 heteroatoms. The van der Waals surface area contributed by atoms with E-state index in [9.17, 15) is 0 Å². The average molecular weight is 240 g/mol. The highest BCUT2D eigenvalue weighted by molar-refractivity contribution is 4.77. The first kappa shape index (κ1) is 13.3. The summed E-state index contributed by atoms with van der Waals surface area (Å²) in [7, 11) is 0. The maximum absolute atomic E-state index is 5.37. The van der Waals surface area contributed by atoms with Gasteiger partial charge in [-0.3, -0.25) is 0 Å². The zero-order valence-electron chi connectivity index (χ0n) is 11.3. The predicted molar refractivity (Wildman–Crippen MR) is 71.3 cm³/mol. The third kappa shape index (κ3) is 4.57. The summed E-state index contributed by atoms with van der Waals surface area (Å²) < 4.78 is 5.37. The van der Waals surface area contributed by atoms with Crippen molar-refractivity contribution >= 4 is 0 Å². The second-order valence-corrected chi connectivity index (χ2v) is 5.58. The van der Waals surface area contributed by atoms with Crippen LogP contribution in [-0.2, 0) is 4.74 Å². The largest absolute Gasteiger partial charge is 0.381 e. The third-order valence-corrected chi connectivity index (χ3v) is 4.15. The van der Waals surface area contributed by atoms with Crippen molar-refractivity contribution in [1.29, 1.82) is 0 Å². The van der Waals surface area contributed by atoms with E-state index in [1.54, 1.807) is 0 Å². The molecule has 2 aliphatic rings. The number of nitrogens with one attached hydrogen (secondary N) is 1. The van der Waals surface area contributed by atoms with Crippen molar-refractivity contribution in [2.75, 3.05) is 39.4 Å². The van der Waals surface area contributed by atoms with E-state index < -0.39 is 0 Å². The summed E-state index contributed by atoms with van der Waals surface area (Å²) in [6.45, 7) is 9.24. The zero-order chi connectivity index (χ0) is 11.9. The molecule has 0 aliphatic carbocycles. The Morgan fingerprint density at radius 3 is 2.82 bits per heavy atom. The van der Waals surface area contributed by atoms with E-state index in [2.05, 4.69) is 17.1 Å². The molecule has 100 valence electrons. The van der Waals surface area contributed by atoms with Gasteiger partial charge < -0.3 is 15.0 Å². The van der Waals surface area contributed by atoms with E-state index in [0.717, 1.165) is 25.7 Å². The van der Waals surface area contributed by atoms with Gasteiger partial charge >= 0.3 is 0 Å². The quantitative estimate of drug-likeness (QED) is 0.767. The van der Waals surface area contributed by atoms with Crippen LogP contribution in [0.4, 0.5) is 0 Å². The van der Waals surface area contributed by atoms with Gasteiger partial charge in [0.15, 0.2) is 0 Å². The fourth-order valence-electron chi connectivity index (χ4n) is 3.09. The van der Waals surface area contributed by atoms with Gasteiger partial charge in [-0.25, -0.2) is 0 Å². The van der Waals surface area contributed by atoms with Crippen LogP contribution in [0, 0.1) is 5.92 Å². The minimum absolute atomic E-state index is 0.706. The van der Waals surface area contributed by atoms with Crippen LogP contribution in [0.2, 0.25) is 0 Å². The van der Waals surface area contributed by atoms with Crippen molar-refractivity contribution in [2.24, 2.45) is 5.92 Å². The summed E-state index contributed by atoms with van der Waals surface area (Å²) in [6, 6.07) is 0.706. The minimum atomic E-state index is 0.706. The Labute approximate surface area is 106 Å². The number of nitrogens with zero attached hydrogens (tertiary/aromatic N) is 1. The Kier molecular flexibility index (Phi) is 5.75. The molecular weight excluding hydrogens is 212 g/mol. The van der Waals surface area contributed by atoms with E-state index in [1.807, 2.05) is 0 Å². The lowest BCUT2D eigenvalue weighted by molar-refractivity contribution is 0.0774. The molecule has 0 amide bonds. The molecule has 0 saturated carbocycles. The first-order valence-electron chi connectivity index (χ1n) is 7.42. The van der Waals surface area contributed by atoms with Gasteiger partial charge in [0, 0.05) is 38.9 Å². The lowest BCUT2D eigenvalue weighted by Gasteiger charge is -2.24. The molecule has 1 unspecified atom stereocenters. The lowest BCUT2D eigenvalue weighted by atomic mass is 10.0. The molecule has 0 radical (unpaired) electrons. The molecule has 0 aromatic carbocycles. The highest BCUT2D eigenvalue weighted by Crippen LogP contribution is 2.20. The normalized spacial score (nSPS) is 27.7. The van der Waals surface area contributed by atoms with Crippen molar-refractivity contribution in [3.8, 4) is 0 Å². The number of hydrogen-bond acceptors (Lipinski definition) is 3. The smallest absolute Gasteiger partial charge is 0.0480 e. The molecule has 3 nitrogen and oxygen atoms in total. The van der Waals surface area contributed by atoms with Crippen LogP contribution in [-0.4, -0.2) is 50.3 Å². The molecular formula is C14H28N2O. The fourth-order valence-corrected chi connectivity index (χ4v) is 3.09. The molecule has 2 aliphatic heterocycles. The van der Waals surface area contributed by atoms with E-state index >= 15 is 0 Å². The van der Waals surface area contributed by atoms with Crippen molar-refractivity contribution in [2.45, 2.75) is 45.1 Å². The molecule has 0 aromatic heterocycles. The summed E-state index contributed by atoms with van der Waals surface area (Å²) in [5.41, 5.74) is 0. The van der Waals surface area contributed by atoms with Gasteiger partial charge in [0.05, 0.1) is 0 Å². The lowest BCUT2D eigenvalue weighted by Crippen LogP contribution is -2.39. The fraction of sp³-hybridized carbons (Fsp3) is 1.00. The standard InChI is InChI=1S/C14H28N2O/c1-2-3-13-4-8-16(12-13)9-7-15-14-5-10-17-11-6-14/h13-15H,2-12H2,1H3. The Morgan fingerprint density at radius 2 is 2.06 bits per heavy atom. The molecule has 0 spiro atoms. The van der Waals surface area contributed by atoms with Gasteiger partial charge in [-0.05, 0) is 38.1 Å². The van der Waals surface area contributed by atoms with Crippen LogP contribution in [0.5, 0.6) is 0 Å². The van der Waals surface area contributed by atoms with E-state index in [1.165, 1.54) is 51.7 Å². The molecule has 2 rings (SSSR count). The van der Waals surface area contributed by atoms with Gasteiger partial charge in [0.25, 0.3) is 0 Å². The average Bonchev–Trinajstić information content (AvgIpc) is 2.79. The SMILES string of the molecule is CCCC1CCN(CCNC2CCOCC2)C1. The molecule has 2 heterocycles. The van der Waals surface area contributed by atoms with Gasteiger partial charge in [0.2, 0.25) is 0 Å².